The number of carbonyl (C=O) groups excluding carboxylic acids is 1. The van der Waals surface area contributed by atoms with Gasteiger partial charge < -0.3 is 25.0 Å². The van der Waals surface area contributed by atoms with Crippen molar-refractivity contribution in [1.29, 1.82) is 0 Å². The van der Waals surface area contributed by atoms with E-state index in [2.05, 4.69) is 15.1 Å². The molecule has 1 fully saturated rings. The van der Waals surface area contributed by atoms with Crippen LogP contribution in [0.1, 0.15) is 34.6 Å². The number of carbonyl (C=O) groups is 1. The van der Waals surface area contributed by atoms with Gasteiger partial charge in [-0.1, -0.05) is 6.92 Å². The Bertz CT molecular complexity index is 872. The highest BCUT2D eigenvalue weighted by atomic mass is 32.1. The molecule has 1 aromatic heterocycles. The number of nitrogens with one attached hydrogen (secondary N) is 1. The minimum atomic E-state index is -0.295. The predicted molar refractivity (Wildman–Crippen MR) is 123 cm³/mol. The van der Waals surface area contributed by atoms with E-state index in [1.165, 1.54) is 0 Å². The maximum Gasteiger partial charge on any atom is 0.341 e. The van der Waals surface area contributed by atoms with E-state index in [1.54, 1.807) is 23.5 Å². The molecule has 1 aromatic carbocycles. The molecule has 0 atom stereocenters. The average Bonchev–Trinajstić information content (AvgIpc) is 3.03. The van der Waals surface area contributed by atoms with E-state index in [0.717, 1.165) is 53.7 Å². The van der Waals surface area contributed by atoms with Gasteiger partial charge in [-0.25, -0.2) is 4.79 Å². The molecule has 3 rings (SSSR count). The summed E-state index contributed by atoms with van der Waals surface area (Å²) in [6, 6.07) is 7.26. The fourth-order valence-corrected chi connectivity index (χ4v) is 5.00. The molecule has 1 aliphatic heterocycles. The molecule has 156 valence electrons. The van der Waals surface area contributed by atoms with Gasteiger partial charge in [-0.05, 0) is 62.3 Å². The highest BCUT2D eigenvalue weighted by Gasteiger charge is 2.25. The van der Waals surface area contributed by atoms with E-state index in [1.807, 2.05) is 32.9 Å². The number of ether oxygens (including phenoxy) is 1. The number of anilines is 2. The molecule has 2 aromatic rings. The summed E-state index contributed by atoms with van der Waals surface area (Å²) < 4.78 is 5.27. The fourth-order valence-electron chi connectivity index (χ4n) is 3.52. The molecule has 0 saturated carbocycles. The summed E-state index contributed by atoms with van der Waals surface area (Å²) in [6.07, 6.45) is 0.774. The topological polar surface area (TPSA) is 65.0 Å². The number of phenols is 1. The number of aromatic hydroxyl groups is 1. The molecule has 0 radical (unpaired) electrons. The van der Waals surface area contributed by atoms with Crippen LogP contribution in [-0.2, 0) is 11.2 Å². The van der Waals surface area contributed by atoms with Crippen LogP contribution >= 0.6 is 23.6 Å². The normalized spacial score (nSPS) is 14.0. The maximum atomic E-state index is 12.5. The summed E-state index contributed by atoms with van der Waals surface area (Å²) in [7, 11) is 0. The number of nitrogens with zero attached hydrogens (tertiary/aromatic N) is 2. The van der Waals surface area contributed by atoms with Crippen molar-refractivity contribution in [3.63, 3.8) is 0 Å². The number of rotatable bonds is 5. The highest BCUT2D eigenvalue weighted by Crippen LogP contribution is 2.34. The quantitative estimate of drug-likeness (QED) is 0.545. The van der Waals surface area contributed by atoms with Crippen LogP contribution in [0.25, 0.3) is 0 Å². The van der Waals surface area contributed by atoms with Gasteiger partial charge in [0.1, 0.15) is 10.8 Å². The molecule has 2 heterocycles. The molecule has 6 nitrogen and oxygen atoms in total. The van der Waals surface area contributed by atoms with Gasteiger partial charge in [-0.15, -0.1) is 11.3 Å². The predicted octanol–water partition coefficient (Wildman–Crippen LogP) is 4.02. The molecular weight excluding hydrogens is 406 g/mol. The maximum absolute atomic E-state index is 12.5. The van der Waals surface area contributed by atoms with Crippen LogP contribution in [0, 0.1) is 6.92 Å². The number of hydrogen-bond acceptors (Lipinski definition) is 6. The van der Waals surface area contributed by atoms with Crippen molar-refractivity contribution < 1.29 is 14.6 Å². The van der Waals surface area contributed by atoms with Crippen molar-refractivity contribution in [1.82, 2.24) is 4.90 Å². The second-order valence-electron chi connectivity index (χ2n) is 6.84. The van der Waals surface area contributed by atoms with E-state index < -0.39 is 0 Å². The molecule has 0 aliphatic carbocycles. The third-order valence-electron chi connectivity index (χ3n) is 5.04. The summed E-state index contributed by atoms with van der Waals surface area (Å²) >= 11 is 7.20. The number of piperazine rings is 1. The number of phenolic OH excluding ortho intramolecular Hbond substituents is 1. The van der Waals surface area contributed by atoms with Gasteiger partial charge in [0.25, 0.3) is 0 Å². The molecule has 29 heavy (non-hydrogen) atoms. The van der Waals surface area contributed by atoms with Gasteiger partial charge in [0.2, 0.25) is 0 Å². The fraction of sp³-hybridized carbons (Fsp3) is 0.429. The summed E-state index contributed by atoms with van der Waals surface area (Å²) in [5.41, 5.74) is 2.73. The monoisotopic (exact) mass is 433 g/mol. The average molecular weight is 434 g/mol. The van der Waals surface area contributed by atoms with Crippen molar-refractivity contribution in [2.75, 3.05) is 43.0 Å². The Morgan fingerprint density at radius 3 is 2.45 bits per heavy atom. The zero-order valence-electron chi connectivity index (χ0n) is 17.0. The van der Waals surface area contributed by atoms with E-state index in [0.29, 0.717) is 17.3 Å². The van der Waals surface area contributed by atoms with Crippen LogP contribution in [0.3, 0.4) is 0 Å². The molecule has 0 spiro atoms. The standard InChI is InChI=1S/C21H27N3O3S2/c1-4-17-14(3)29-19(18(17)20(26)27-5-2)22-21(28)24-12-10-23(11-13-24)15-6-8-16(25)9-7-15/h6-9,25H,4-5,10-13H2,1-3H3,(H,22,28). The van der Waals surface area contributed by atoms with E-state index in [4.69, 9.17) is 17.0 Å². The lowest BCUT2D eigenvalue weighted by atomic mass is 10.1. The van der Waals surface area contributed by atoms with Crippen molar-refractivity contribution >= 4 is 45.3 Å². The second-order valence-corrected chi connectivity index (χ2v) is 8.45. The Kier molecular flexibility index (Phi) is 6.97. The first-order chi connectivity index (χ1) is 13.9. The lowest BCUT2D eigenvalue weighted by Gasteiger charge is -2.37. The number of thiocarbonyl (C=S) groups is 1. The van der Waals surface area contributed by atoms with E-state index in [-0.39, 0.29) is 11.7 Å². The second kappa shape index (κ2) is 9.45. The zero-order valence-corrected chi connectivity index (χ0v) is 18.7. The SMILES string of the molecule is CCOC(=O)c1c(NC(=S)N2CCN(c3ccc(O)cc3)CC2)sc(C)c1CC. The third kappa shape index (κ3) is 4.82. The van der Waals surface area contributed by atoms with Gasteiger partial charge in [0.05, 0.1) is 12.2 Å². The van der Waals surface area contributed by atoms with E-state index >= 15 is 0 Å². The molecule has 8 heteroatoms. The van der Waals surface area contributed by atoms with Crippen LogP contribution < -0.4 is 10.2 Å². The number of esters is 1. The molecule has 0 bridgehead atoms. The molecule has 1 aliphatic rings. The molecule has 2 N–H and O–H groups in total. The zero-order chi connectivity index (χ0) is 21.0. The van der Waals surface area contributed by atoms with Crippen LogP contribution in [-0.4, -0.2) is 53.9 Å². The first-order valence-electron chi connectivity index (χ1n) is 9.83. The number of benzene rings is 1. The molecular formula is C21H27N3O3S2. The van der Waals surface area contributed by atoms with E-state index in [9.17, 15) is 9.90 Å². The van der Waals surface area contributed by atoms with Gasteiger partial charge >= 0.3 is 5.97 Å². The minimum Gasteiger partial charge on any atom is -0.508 e. The minimum absolute atomic E-state index is 0.271. The van der Waals surface area contributed by atoms with Gasteiger partial charge in [-0.2, -0.15) is 0 Å². The Morgan fingerprint density at radius 1 is 1.21 bits per heavy atom. The Morgan fingerprint density at radius 2 is 1.86 bits per heavy atom. The van der Waals surface area contributed by atoms with Crippen molar-refractivity contribution in [3.8, 4) is 5.75 Å². The lowest BCUT2D eigenvalue weighted by Crippen LogP contribution is -2.50. The van der Waals surface area contributed by atoms with Crippen molar-refractivity contribution in [2.45, 2.75) is 27.2 Å². The number of thiophene rings is 1. The summed E-state index contributed by atoms with van der Waals surface area (Å²) in [5, 5.41) is 14.2. The van der Waals surface area contributed by atoms with Crippen molar-refractivity contribution in [3.05, 3.63) is 40.3 Å². The number of hydrogen-bond donors (Lipinski definition) is 2. The number of aryl methyl sites for hydroxylation is 1. The Balaban J connectivity index is 1.67. The first kappa shape index (κ1) is 21.4. The highest BCUT2D eigenvalue weighted by molar-refractivity contribution is 7.80. The first-order valence-corrected chi connectivity index (χ1v) is 11.1. The Labute approximate surface area is 181 Å². The summed E-state index contributed by atoms with van der Waals surface area (Å²) in [5.74, 6) is -0.0241. The van der Waals surface area contributed by atoms with Gasteiger partial charge in [0, 0.05) is 36.7 Å². The largest absolute Gasteiger partial charge is 0.508 e. The van der Waals surface area contributed by atoms with Crippen LogP contribution in [0.2, 0.25) is 0 Å². The smallest absolute Gasteiger partial charge is 0.341 e. The van der Waals surface area contributed by atoms with Crippen molar-refractivity contribution in [2.24, 2.45) is 0 Å². The van der Waals surface area contributed by atoms with Crippen LogP contribution in [0.4, 0.5) is 10.7 Å². The van der Waals surface area contributed by atoms with Crippen LogP contribution in [0.5, 0.6) is 5.75 Å². The van der Waals surface area contributed by atoms with Gasteiger partial charge in [0.15, 0.2) is 5.11 Å². The third-order valence-corrected chi connectivity index (χ3v) is 6.47. The summed E-state index contributed by atoms with van der Waals surface area (Å²) in [4.78, 5) is 18.0. The molecule has 0 unspecified atom stereocenters. The van der Waals surface area contributed by atoms with Crippen LogP contribution in [0.15, 0.2) is 24.3 Å². The van der Waals surface area contributed by atoms with Gasteiger partial charge in [-0.3, -0.25) is 0 Å². The molecule has 0 amide bonds. The Hall–Kier alpha value is -2.32. The lowest BCUT2D eigenvalue weighted by molar-refractivity contribution is 0.0527. The summed E-state index contributed by atoms with van der Waals surface area (Å²) in [6.45, 7) is 9.47. The molecule has 1 saturated heterocycles.